The van der Waals surface area contributed by atoms with E-state index in [1.54, 1.807) is 43.4 Å². The normalized spacial score (nSPS) is 13.7. The lowest BCUT2D eigenvalue weighted by Gasteiger charge is -2.20. The van der Waals surface area contributed by atoms with Crippen LogP contribution in [-0.4, -0.2) is 30.8 Å². The first-order chi connectivity index (χ1) is 15.1. The molecule has 8 heteroatoms. The minimum Gasteiger partial charge on any atom is -0.355 e. The molecule has 0 fully saturated rings. The zero-order chi connectivity index (χ0) is 21.8. The van der Waals surface area contributed by atoms with Gasteiger partial charge in [-0.15, -0.1) is 22.7 Å². The highest BCUT2D eigenvalue weighted by atomic mass is 32.1. The number of thiophene rings is 2. The molecule has 1 aliphatic rings. The molecule has 3 N–H and O–H groups in total. The first-order valence-electron chi connectivity index (χ1n) is 10.1. The Labute approximate surface area is 188 Å². The quantitative estimate of drug-likeness (QED) is 0.371. The number of hydrogen-bond donors (Lipinski definition) is 3. The van der Waals surface area contributed by atoms with Gasteiger partial charge in [-0.25, -0.2) is 0 Å². The number of rotatable bonds is 7. The maximum absolute atomic E-state index is 13.3. The molecule has 2 aromatic heterocycles. The number of carbonyl (C=O) groups excluding carboxylic acids is 3. The fourth-order valence-electron chi connectivity index (χ4n) is 3.71. The van der Waals surface area contributed by atoms with E-state index in [0.29, 0.717) is 21.0 Å². The summed E-state index contributed by atoms with van der Waals surface area (Å²) in [6.07, 6.45) is 2.89. The number of hydrogen-bond acceptors (Lipinski definition) is 6. The van der Waals surface area contributed by atoms with Crippen molar-refractivity contribution in [3.8, 4) is 0 Å². The lowest BCUT2D eigenvalue weighted by atomic mass is 9.95. The van der Waals surface area contributed by atoms with Crippen LogP contribution in [0, 0.1) is 0 Å². The highest BCUT2D eigenvalue weighted by molar-refractivity contribution is 7.16. The summed E-state index contributed by atoms with van der Waals surface area (Å²) in [4.78, 5) is 40.4. The Kier molecular flexibility index (Phi) is 6.48. The Morgan fingerprint density at radius 3 is 2.45 bits per heavy atom. The van der Waals surface area contributed by atoms with Crippen LogP contribution in [0.2, 0.25) is 0 Å². The highest BCUT2D eigenvalue weighted by Crippen LogP contribution is 2.38. The maximum atomic E-state index is 13.3. The second-order valence-electron chi connectivity index (χ2n) is 7.25. The van der Waals surface area contributed by atoms with E-state index >= 15 is 0 Å². The smallest absolute Gasteiger partial charge is 0.263 e. The van der Waals surface area contributed by atoms with E-state index in [0.717, 1.165) is 31.2 Å². The van der Waals surface area contributed by atoms with E-state index in [4.69, 9.17) is 0 Å². The number of benzene rings is 1. The van der Waals surface area contributed by atoms with Gasteiger partial charge in [-0.05, 0) is 42.7 Å². The minimum atomic E-state index is -1.000. The molecule has 6 nitrogen and oxygen atoms in total. The van der Waals surface area contributed by atoms with Crippen LogP contribution in [0.4, 0.5) is 5.00 Å². The third-order valence-electron chi connectivity index (χ3n) is 5.24. The van der Waals surface area contributed by atoms with E-state index in [-0.39, 0.29) is 17.6 Å². The summed E-state index contributed by atoms with van der Waals surface area (Å²) in [6.45, 7) is 0. The number of amides is 2. The standard InChI is InChI=1S/C23H23N3O3S2/c1-24-22(29)18-15-10-5-6-11-16(15)31-23(18)26-20(19(27)14-8-3-2-4-9-14)25-21(28)17-12-7-13-30-17/h2-4,7-9,12-13,20,26H,5-6,10-11H2,1H3,(H,24,29)(H,25,28)/t20-/m0/s1. The SMILES string of the molecule is CNC(=O)c1c(N[C@H](NC(=O)c2cccs2)C(=O)c2ccccc2)sc2c1CCCC2. The third-order valence-corrected chi connectivity index (χ3v) is 7.33. The minimum absolute atomic E-state index is 0.183. The lowest BCUT2D eigenvalue weighted by Crippen LogP contribution is -2.46. The summed E-state index contributed by atoms with van der Waals surface area (Å²) in [6, 6.07) is 12.3. The predicted octanol–water partition coefficient (Wildman–Crippen LogP) is 4.10. The van der Waals surface area contributed by atoms with Crippen LogP contribution in [0.3, 0.4) is 0 Å². The van der Waals surface area contributed by atoms with Crippen molar-refractivity contribution in [3.63, 3.8) is 0 Å². The number of ketones is 1. The van der Waals surface area contributed by atoms with Crippen molar-refractivity contribution < 1.29 is 14.4 Å². The molecule has 2 amide bonds. The topological polar surface area (TPSA) is 87.3 Å². The zero-order valence-electron chi connectivity index (χ0n) is 17.1. The van der Waals surface area contributed by atoms with E-state index in [9.17, 15) is 14.4 Å². The van der Waals surface area contributed by atoms with Gasteiger partial charge in [0.25, 0.3) is 11.8 Å². The highest BCUT2D eigenvalue weighted by Gasteiger charge is 2.29. The van der Waals surface area contributed by atoms with Gasteiger partial charge in [0.1, 0.15) is 5.00 Å². The fourth-order valence-corrected chi connectivity index (χ4v) is 5.65. The molecular weight excluding hydrogens is 430 g/mol. The van der Waals surface area contributed by atoms with Gasteiger partial charge in [-0.3, -0.25) is 14.4 Å². The van der Waals surface area contributed by atoms with Crippen molar-refractivity contribution in [2.24, 2.45) is 0 Å². The Bertz CT molecular complexity index is 1090. The lowest BCUT2D eigenvalue weighted by molar-refractivity contribution is 0.0872. The van der Waals surface area contributed by atoms with Gasteiger partial charge in [0.05, 0.1) is 10.4 Å². The zero-order valence-corrected chi connectivity index (χ0v) is 18.7. The number of fused-ring (bicyclic) bond motifs is 1. The molecule has 0 bridgehead atoms. The summed E-state index contributed by atoms with van der Waals surface area (Å²) >= 11 is 2.81. The molecule has 4 rings (SSSR count). The van der Waals surface area contributed by atoms with Crippen molar-refractivity contribution in [2.75, 3.05) is 12.4 Å². The average Bonchev–Trinajstić information content (AvgIpc) is 3.46. The molecule has 0 saturated heterocycles. The Balaban J connectivity index is 1.69. The molecule has 160 valence electrons. The van der Waals surface area contributed by atoms with Gasteiger partial charge in [-0.2, -0.15) is 0 Å². The molecule has 31 heavy (non-hydrogen) atoms. The van der Waals surface area contributed by atoms with Gasteiger partial charge < -0.3 is 16.0 Å². The molecular formula is C23H23N3O3S2. The second kappa shape index (κ2) is 9.45. The van der Waals surface area contributed by atoms with Gasteiger partial charge in [-0.1, -0.05) is 36.4 Å². The monoisotopic (exact) mass is 453 g/mol. The van der Waals surface area contributed by atoms with Gasteiger partial charge in [0.15, 0.2) is 6.17 Å². The van der Waals surface area contributed by atoms with E-state index < -0.39 is 6.17 Å². The van der Waals surface area contributed by atoms with Crippen LogP contribution in [0.15, 0.2) is 47.8 Å². The molecule has 0 radical (unpaired) electrons. The van der Waals surface area contributed by atoms with Crippen LogP contribution in [-0.2, 0) is 12.8 Å². The fraction of sp³-hybridized carbons (Fsp3) is 0.261. The summed E-state index contributed by atoms with van der Waals surface area (Å²) < 4.78 is 0. The van der Waals surface area contributed by atoms with Gasteiger partial charge in [0.2, 0.25) is 5.78 Å². The average molecular weight is 454 g/mol. The van der Waals surface area contributed by atoms with Gasteiger partial charge in [0, 0.05) is 17.5 Å². The molecule has 0 unspecified atom stereocenters. The van der Waals surface area contributed by atoms with Crippen LogP contribution < -0.4 is 16.0 Å². The van der Waals surface area contributed by atoms with Crippen molar-refractivity contribution in [2.45, 2.75) is 31.8 Å². The molecule has 1 aromatic carbocycles. The van der Waals surface area contributed by atoms with E-state index in [1.807, 2.05) is 11.4 Å². The largest absolute Gasteiger partial charge is 0.355 e. The molecule has 0 saturated carbocycles. The molecule has 0 aliphatic heterocycles. The first kappa shape index (κ1) is 21.3. The first-order valence-corrected chi connectivity index (χ1v) is 11.8. The number of Topliss-reactive ketones (excluding diaryl/α,β-unsaturated/α-hetero) is 1. The number of nitrogens with one attached hydrogen (secondary N) is 3. The van der Waals surface area contributed by atoms with Crippen molar-refractivity contribution in [1.82, 2.24) is 10.6 Å². The summed E-state index contributed by atoms with van der Waals surface area (Å²) in [5.74, 6) is -0.781. The maximum Gasteiger partial charge on any atom is 0.263 e. The predicted molar refractivity (Wildman–Crippen MR) is 124 cm³/mol. The number of carbonyl (C=O) groups is 3. The Morgan fingerprint density at radius 1 is 0.968 bits per heavy atom. The molecule has 0 spiro atoms. The Hall–Kier alpha value is -2.97. The van der Waals surface area contributed by atoms with E-state index in [1.165, 1.54) is 27.6 Å². The number of aryl methyl sites for hydroxylation is 1. The van der Waals surface area contributed by atoms with Crippen molar-refractivity contribution in [3.05, 3.63) is 74.3 Å². The van der Waals surface area contributed by atoms with Crippen molar-refractivity contribution >= 4 is 45.3 Å². The second-order valence-corrected chi connectivity index (χ2v) is 9.31. The van der Waals surface area contributed by atoms with Crippen LogP contribution >= 0.6 is 22.7 Å². The van der Waals surface area contributed by atoms with Gasteiger partial charge >= 0.3 is 0 Å². The molecule has 2 heterocycles. The van der Waals surface area contributed by atoms with Crippen LogP contribution in [0.25, 0.3) is 0 Å². The van der Waals surface area contributed by atoms with E-state index in [2.05, 4.69) is 16.0 Å². The van der Waals surface area contributed by atoms with Crippen LogP contribution in [0.5, 0.6) is 0 Å². The van der Waals surface area contributed by atoms with Crippen molar-refractivity contribution in [1.29, 1.82) is 0 Å². The molecule has 1 atom stereocenters. The summed E-state index contributed by atoms with van der Waals surface area (Å²) in [5.41, 5.74) is 2.11. The molecule has 3 aromatic rings. The Morgan fingerprint density at radius 2 is 1.74 bits per heavy atom. The third kappa shape index (κ3) is 4.55. The number of anilines is 1. The molecule has 1 aliphatic carbocycles. The summed E-state index contributed by atoms with van der Waals surface area (Å²) in [7, 11) is 1.60. The summed E-state index contributed by atoms with van der Waals surface area (Å²) in [5, 5.41) is 11.2. The van der Waals surface area contributed by atoms with Crippen LogP contribution in [0.1, 0.15) is 53.7 Å².